The lowest BCUT2D eigenvalue weighted by molar-refractivity contribution is 0.341. The van der Waals surface area contributed by atoms with Crippen LogP contribution in [0.4, 0.5) is 0 Å². The maximum Gasteiger partial charge on any atom is 0.113 e. The molecule has 0 spiro atoms. The van der Waals surface area contributed by atoms with E-state index >= 15 is 0 Å². The molecule has 1 aromatic carbocycles. The second-order valence-corrected chi connectivity index (χ2v) is 3.62. The number of hydrogen-bond donors (Lipinski definition) is 1. The molecule has 14 heavy (non-hydrogen) atoms. The van der Waals surface area contributed by atoms with E-state index in [0.29, 0.717) is 0 Å². The zero-order chi connectivity index (χ0) is 9.97. The molecular weight excluding hydrogens is 200 g/mol. The number of aliphatic hydroxyl groups is 1. The molecule has 1 aliphatic rings. The lowest BCUT2D eigenvalue weighted by Gasteiger charge is -1.94. The molecule has 1 aromatic rings. The Morgan fingerprint density at radius 2 is 2.07 bits per heavy atom. The third kappa shape index (κ3) is 2.15. The largest absolute Gasteiger partial charge is 0.392 e. The van der Waals surface area contributed by atoms with Crippen LogP contribution in [-0.2, 0) is 4.74 Å². The molecule has 2 atom stereocenters. The highest BCUT2D eigenvalue weighted by Crippen LogP contribution is 2.39. The number of epoxide rings is 1. The summed E-state index contributed by atoms with van der Waals surface area (Å²) in [6.45, 7) is 0.0627. The molecule has 74 valence electrons. The van der Waals surface area contributed by atoms with Crippen molar-refractivity contribution in [2.45, 2.75) is 12.2 Å². The number of ether oxygens (including phenoxy) is 1. The van der Waals surface area contributed by atoms with Crippen molar-refractivity contribution in [1.29, 1.82) is 0 Å². The van der Waals surface area contributed by atoms with E-state index in [1.807, 2.05) is 30.3 Å². The maximum atomic E-state index is 8.58. The minimum atomic E-state index is 0.0627. The zero-order valence-electron chi connectivity index (χ0n) is 7.56. The SMILES string of the molecule is OC/C=C\[C@@H]1O[C@H]1c1ccc(Cl)cc1. The lowest BCUT2D eigenvalue weighted by Crippen LogP contribution is -1.84. The second-order valence-electron chi connectivity index (χ2n) is 3.18. The fraction of sp³-hybridized carbons (Fsp3) is 0.273. The van der Waals surface area contributed by atoms with Crippen LogP contribution in [0.25, 0.3) is 0 Å². The van der Waals surface area contributed by atoms with Gasteiger partial charge in [0.25, 0.3) is 0 Å². The summed E-state index contributed by atoms with van der Waals surface area (Å²) in [4.78, 5) is 0. The van der Waals surface area contributed by atoms with Gasteiger partial charge in [0.15, 0.2) is 0 Å². The normalized spacial score (nSPS) is 25.6. The van der Waals surface area contributed by atoms with Crippen molar-refractivity contribution in [2.24, 2.45) is 0 Å². The molecular formula is C11H11ClO2. The lowest BCUT2D eigenvalue weighted by atomic mass is 10.1. The van der Waals surface area contributed by atoms with E-state index < -0.39 is 0 Å². The van der Waals surface area contributed by atoms with Crippen molar-refractivity contribution in [3.63, 3.8) is 0 Å². The summed E-state index contributed by atoms with van der Waals surface area (Å²) in [7, 11) is 0. The summed E-state index contributed by atoms with van der Waals surface area (Å²) in [5.41, 5.74) is 1.13. The first-order chi connectivity index (χ1) is 6.81. The Morgan fingerprint density at radius 1 is 1.36 bits per heavy atom. The van der Waals surface area contributed by atoms with Crippen LogP contribution >= 0.6 is 11.6 Å². The molecule has 0 aromatic heterocycles. The van der Waals surface area contributed by atoms with E-state index in [4.69, 9.17) is 21.4 Å². The Hall–Kier alpha value is -0.830. The van der Waals surface area contributed by atoms with Crippen molar-refractivity contribution in [3.05, 3.63) is 47.0 Å². The minimum absolute atomic E-state index is 0.0627. The molecule has 0 amide bonds. The summed E-state index contributed by atoms with van der Waals surface area (Å²) in [6, 6.07) is 7.62. The smallest absolute Gasteiger partial charge is 0.113 e. The topological polar surface area (TPSA) is 32.8 Å². The highest BCUT2D eigenvalue weighted by Gasteiger charge is 2.37. The van der Waals surface area contributed by atoms with Gasteiger partial charge in [-0.15, -0.1) is 0 Å². The average Bonchev–Trinajstić information content (AvgIpc) is 2.95. The first-order valence-electron chi connectivity index (χ1n) is 4.49. The molecule has 1 heterocycles. The highest BCUT2D eigenvalue weighted by molar-refractivity contribution is 6.30. The Bertz CT molecular complexity index is 332. The summed E-state index contributed by atoms with van der Waals surface area (Å²) in [5, 5.41) is 9.31. The second kappa shape index (κ2) is 4.13. The van der Waals surface area contributed by atoms with Crippen molar-refractivity contribution >= 4 is 11.6 Å². The Balaban J connectivity index is 1.99. The first-order valence-corrected chi connectivity index (χ1v) is 4.87. The number of benzene rings is 1. The first kappa shape index (κ1) is 9.71. The van der Waals surface area contributed by atoms with Gasteiger partial charge in [-0.1, -0.05) is 35.9 Å². The summed E-state index contributed by atoms with van der Waals surface area (Å²) >= 11 is 5.77. The van der Waals surface area contributed by atoms with Crippen LogP contribution in [0.5, 0.6) is 0 Å². The van der Waals surface area contributed by atoms with Gasteiger partial charge in [-0.3, -0.25) is 0 Å². The van der Waals surface area contributed by atoms with Gasteiger partial charge in [0.2, 0.25) is 0 Å². The van der Waals surface area contributed by atoms with Gasteiger partial charge in [-0.25, -0.2) is 0 Å². The van der Waals surface area contributed by atoms with E-state index in [-0.39, 0.29) is 18.8 Å². The Labute approximate surface area is 87.8 Å². The number of rotatable bonds is 3. The van der Waals surface area contributed by atoms with Gasteiger partial charge < -0.3 is 9.84 Å². The molecule has 1 saturated heterocycles. The van der Waals surface area contributed by atoms with Crippen molar-refractivity contribution < 1.29 is 9.84 Å². The van der Waals surface area contributed by atoms with Gasteiger partial charge >= 0.3 is 0 Å². The van der Waals surface area contributed by atoms with Crippen LogP contribution < -0.4 is 0 Å². The van der Waals surface area contributed by atoms with E-state index in [2.05, 4.69) is 0 Å². The molecule has 0 aliphatic carbocycles. The van der Waals surface area contributed by atoms with E-state index in [0.717, 1.165) is 10.6 Å². The summed E-state index contributed by atoms with van der Waals surface area (Å²) in [6.07, 6.45) is 3.82. The van der Waals surface area contributed by atoms with Crippen LogP contribution in [0.2, 0.25) is 5.02 Å². The molecule has 2 rings (SSSR count). The van der Waals surface area contributed by atoms with Gasteiger partial charge in [-0.05, 0) is 17.7 Å². The Kier molecular flexibility index (Phi) is 2.87. The zero-order valence-corrected chi connectivity index (χ0v) is 8.32. The van der Waals surface area contributed by atoms with E-state index in [1.54, 1.807) is 6.08 Å². The fourth-order valence-electron chi connectivity index (χ4n) is 1.39. The standard InChI is InChI=1S/C11H11ClO2/c12-9-5-3-8(4-6-9)11-10(14-11)2-1-7-13/h1-6,10-11,13H,7H2/b2-1-/t10-,11-/m0/s1. The molecule has 0 bridgehead atoms. The molecule has 3 heteroatoms. The third-order valence-corrected chi connectivity index (χ3v) is 2.41. The molecule has 1 fully saturated rings. The van der Waals surface area contributed by atoms with Crippen LogP contribution in [-0.4, -0.2) is 17.8 Å². The fourth-order valence-corrected chi connectivity index (χ4v) is 1.51. The van der Waals surface area contributed by atoms with Gasteiger partial charge in [0, 0.05) is 5.02 Å². The molecule has 0 radical (unpaired) electrons. The van der Waals surface area contributed by atoms with Crippen molar-refractivity contribution in [1.82, 2.24) is 0 Å². The minimum Gasteiger partial charge on any atom is -0.392 e. The number of halogens is 1. The Morgan fingerprint density at radius 3 is 2.71 bits per heavy atom. The van der Waals surface area contributed by atoms with Gasteiger partial charge in [0.1, 0.15) is 12.2 Å². The molecule has 1 aliphatic heterocycles. The van der Waals surface area contributed by atoms with Crippen LogP contribution in [0.3, 0.4) is 0 Å². The quantitative estimate of drug-likeness (QED) is 0.614. The third-order valence-electron chi connectivity index (χ3n) is 2.16. The predicted octanol–water partition coefficient (Wildman–Crippen LogP) is 2.33. The van der Waals surface area contributed by atoms with Crippen LogP contribution in [0, 0.1) is 0 Å². The maximum absolute atomic E-state index is 8.58. The van der Waals surface area contributed by atoms with Gasteiger partial charge in [-0.2, -0.15) is 0 Å². The number of hydrogen-bond acceptors (Lipinski definition) is 2. The average molecular weight is 211 g/mol. The monoisotopic (exact) mass is 210 g/mol. The highest BCUT2D eigenvalue weighted by atomic mass is 35.5. The van der Waals surface area contributed by atoms with E-state index in [9.17, 15) is 0 Å². The van der Waals surface area contributed by atoms with Gasteiger partial charge in [0.05, 0.1) is 6.61 Å². The number of aliphatic hydroxyl groups excluding tert-OH is 1. The predicted molar refractivity (Wildman–Crippen MR) is 55.3 cm³/mol. The van der Waals surface area contributed by atoms with Crippen LogP contribution in [0.1, 0.15) is 11.7 Å². The van der Waals surface area contributed by atoms with Crippen molar-refractivity contribution in [3.8, 4) is 0 Å². The van der Waals surface area contributed by atoms with Crippen LogP contribution in [0.15, 0.2) is 36.4 Å². The van der Waals surface area contributed by atoms with E-state index in [1.165, 1.54) is 0 Å². The molecule has 0 unspecified atom stereocenters. The van der Waals surface area contributed by atoms with Crippen molar-refractivity contribution in [2.75, 3.05) is 6.61 Å². The molecule has 0 saturated carbocycles. The summed E-state index contributed by atoms with van der Waals surface area (Å²) < 4.78 is 5.40. The summed E-state index contributed by atoms with van der Waals surface area (Å²) in [5.74, 6) is 0. The molecule has 2 nitrogen and oxygen atoms in total. The molecule has 1 N–H and O–H groups in total.